The van der Waals surface area contributed by atoms with Crippen molar-refractivity contribution < 1.29 is 19.4 Å². The third kappa shape index (κ3) is 3.66. The van der Waals surface area contributed by atoms with Gasteiger partial charge in [0.25, 0.3) is 0 Å². The number of carbonyl (C=O) groups is 2. The van der Waals surface area contributed by atoms with E-state index >= 15 is 0 Å². The van der Waals surface area contributed by atoms with Crippen LogP contribution in [0.3, 0.4) is 0 Å². The van der Waals surface area contributed by atoms with Gasteiger partial charge in [-0.15, -0.1) is 0 Å². The first-order valence-electron chi connectivity index (χ1n) is 6.68. The lowest BCUT2D eigenvalue weighted by Gasteiger charge is -2.08. The minimum atomic E-state index is -1.26. The van der Waals surface area contributed by atoms with Crippen molar-refractivity contribution in [2.45, 2.75) is 27.4 Å². The van der Waals surface area contributed by atoms with Crippen molar-refractivity contribution in [1.29, 1.82) is 0 Å². The van der Waals surface area contributed by atoms with Crippen molar-refractivity contribution in [2.75, 3.05) is 0 Å². The molecule has 0 saturated carbocycles. The molecule has 6 nitrogen and oxygen atoms in total. The number of carboxylic acid groups (broad SMARTS) is 1. The Balaban J connectivity index is 2.21. The van der Waals surface area contributed by atoms with Gasteiger partial charge in [-0.1, -0.05) is 6.07 Å². The number of ether oxygens (including phenoxy) is 1. The van der Waals surface area contributed by atoms with Crippen molar-refractivity contribution in [2.24, 2.45) is 0 Å². The number of hydrogen-bond donors (Lipinski definition) is 1. The van der Waals surface area contributed by atoms with Gasteiger partial charge in [0, 0.05) is 6.20 Å². The number of benzene rings is 1. The molecule has 1 heterocycles. The summed E-state index contributed by atoms with van der Waals surface area (Å²) in [7, 11) is 0. The highest BCUT2D eigenvalue weighted by molar-refractivity contribution is 6.03. The van der Waals surface area contributed by atoms with Crippen LogP contribution >= 0.6 is 0 Å². The molecule has 0 aliphatic carbocycles. The van der Waals surface area contributed by atoms with Crippen LogP contribution in [-0.2, 0) is 6.61 Å². The number of carbonyl (C=O) groups excluding carboxylic acids is 1. The first kappa shape index (κ1) is 15.6. The lowest BCUT2D eigenvalue weighted by molar-refractivity contribution is 0.0684. The maximum atomic E-state index is 11.4. The molecule has 1 N–H and O–H groups in total. The molecule has 0 aliphatic rings. The van der Waals surface area contributed by atoms with E-state index in [2.05, 4.69) is 9.97 Å². The second-order valence-electron chi connectivity index (χ2n) is 5.02. The number of aromatic nitrogens is 2. The highest BCUT2D eigenvalue weighted by Gasteiger charge is 2.17. The van der Waals surface area contributed by atoms with Crippen LogP contribution in [0.25, 0.3) is 0 Å². The third-order valence-electron chi connectivity index (χ3n) is 2.98. The maximum absolute atomic E-state index is 11.4. The molecule has 0 aliphatic heterocycles. The molecule has 2 aromatic rings. The molecule has 0 unspecified atom stereocenters. The van der Waals surface area contributed by atoms with Crippen LogP contribution in [-0.4, -0.2) is 26.8 Å². The zero-order chi connectivity index (χ0) is 16.3. The summed E-state index contributed by atoms with van der Waals surface area (Å²) in [5, 5.41) is 9.11. The summed E-state index contributed by atoms with van der Waals surface area (Å²) in [6.45, 7) is 5.22. The standard InChI is InChI=1S/C16H16N2O4/c1-9-4-10(2)6-12(5-9)22-8-14-17-7-13(11(3)19)15(18-14)16(20)21/h4-7H,8H2,1-3H3,(H,20,21). The average molecular weight is 300 g/mol. The average Bonchev–Trinajstić information content (AvgIpc) is 2.43. The van der Waals surface area contributed by atoms with Gasteiger partial charge in [-0.3, -0.25) is 4.79 Å². The highest BCUT2D eigenvalue weighted by atomic mass is 16.5. The lowest BCUT2D eigenvalue weighted by atomic mass is 10.1. The van der Waals surface area contributed by atoms with E-state index in [9.17, 15) is 9.59 Å². The normalized spacial score (nSPS) is 10.3. The van der Waals surface area contributed by atoms with E-state index in [0.717, 1.165) is 11.1 Å². The first-order valence-corrected chi connectivity index (χ1v) is 6.68. The molecular weight excluding hydrogens is 284 g/mol. The monoisotopic (exact) mass is 300 g/mol. The van der Waals surface area contributed by atoms with E-state index < -0.39 is 5.97 Å². The fourth-order valence-electron chi connectivity index (χ4n) is 2.07. The summed E-state index contributed by atoms with van der Waals surface area (Å²) in [5.74, 6) is -0.783. The number of aryl methyl sites for hydroxylation is 2. The van der Waals surface area contributed by atoms with Gasteiger partial charge in [0.15, 0.2) is 17.3 Å². The number of rotatable bonds is 5. The topological polar surface area (TPSA) is 89.4 Å². The summed E-state index contributed by atoms with van der Waals surface area (Å²) < 4.78 is 5.59. The quantitative estimate of drug-likeness (QED) is 0.854. The fourth-order valence-corrected chi connectivity index (χ4v) is 2.07. The number of hydrogen-bond acceptors (Lipinski definition) is 5. The summed E-state index contributed by atoms with van der Waals surface area (Å²) in [4.78, 5) is 30.4. The zero-order valence-electron chi connectivity index (χ0n) is 12.6. The molecule has 114 valence electrons. The molecule has 2 rings (SSSR count). The Hall–Kier alpha value is -2.76. The van der Waals surface area contributed by atoms with E-state index in [1.54, 1.807) is 0 Å². The largest absolute Gasteiger partial charge is 0.486 e. The van der Waals surface area contributed by atoms with Gasteiger partial charge in [-0.05, 0) is 44.0 Å². The summed E-state index contributed by atoms with van der Waals surface area (Å²) in [6, 6.07) is 5.76. The van der Waals surface area contributed by atoms with Crippen LogP contribution in [0.15, 0.2) is 24.4 Å². The van der Waals surface area contributed by atoms with Crippen LogP contribution in [0.4, 0.5) is 0 Å². The molecule has 0 amide bonds. The number of ketones is 1. The van der Waals surface area contributed by atoms with Crippen molar-refractivity contribution in [3.05, 3.63) is 52.6 Å². The minimum absolute atomic E-state index is 0.0114. The molecule has 1 aromatic heterocycles. The Kier molecular flexibility index (Phi) is 4.50. The van der Waals surface area contributed by atoms with Gasteiger partial charge in [0.05, 0.1) is 5.56 Å². The summed E-state index contributed by atoms with van der Waals surface area (Å²) in [6.07, 6.45) is 1.22. The van der Waals surface area contributed by atoms with E-state index in [1.807, 2.05) is 32.0 Å². The van der Waals surface area contributed by atoms with Gasteiger partial charge in [-0.25, -0.2) is 14.8 Å². The SMILES string of the molecule is CC(=O)c1cnc(COc2cc(C)cc(C)c2)nc1C(=O)O. The van der Waals surface area contributed by atoms with Crippen molar-refractivity contribution in [1.82, 2.24) is 9.97 Å². The Morgan fingerprint density at radius 2 is 1.82 bits per heavy atom. The van der Waals surface area contributed by atoms with E-state index in [4.69, 9.17) is 9.84 Å². The molecule has 0 atom stereocenters. The van der Waals surface area contributed by atoms with Gasteiger partial charge in [0.2, 0.25) is 0 Å². The molecule has 0 fully saturated rings. The molecule has 22 heavy (non-hydrogen) atoms. The molecular formula is C16H16N2O4. The lowest BCUT2D eigenvalue weighted by Crippen LogP contribution is -2.13. The zero-order valence-corrected chi connectivity index (χ0v) is 12.6. The molecule has 0 spiro atoms. The summed E-state index contributed by atoms with van der Waals surface area (Å²) >= 11 is 0. The molecule has 0 bridgehead atoms. The summed E-state index contributed by atoms with van der Waals surface area (Å²) in [5.41, 5.74) is 1.81. The first-order chi connectivity index (χ1) is 10.4. The maximum Gasteiger partial charge on any atom is 0.355 e. The van der Waals surface area contributed by atoms with Gasteiger partial charge in [0.1, 0.15) is 12.4 Å². The number of Topliss-reactive ketones (excluding diaryl/α,β-unsaturated/α-hetero) is 1. The Morgan fingerprint density at radius 3 is 2.36 bits per heavy atom. The van der Waals surface area contributed by atoms with Crippen LogP contribution < -0.4 is 4.74 Å². The van der Waals surface area contributed by atoms with Crippen LogP contribution in [0.1, 0.15) is 44.7 Å². The van der Waals surface area contributed by atoms with Gasteiger partial charge < -0.3 is 9.84 Å². The number of carboxylic acids is 1. The van der Waals surface area contributed by atoms with Crippen LogP contribution in [0, 0.1) is 13.8 Å². The minimum Gasteiger partial charge on any atom is -0.486 e. The molecule has 0 saturated heterocycles. The Morgan fingerprint density at radius 1 is 1.18 bits per heavy atom. The van der Waals surface area contributed by atoms with E-state index in [0.29, 0.717) is 5.75 Å². The molecule has 1 aromatic carbocycles. The smallest absolute Gasteiger partial charge is 0.355 e. The molecule has 6 heteroatoms. The van der Waals surface area contributed by atoms with Crippen LogP contribution in [0.5, 0.6) is 5.75 Å². The number of aromatic carboxylic acids is 1. The number of nitrogens with zero attached hydrogens (tertiary/aromatic N) is 2. The second kappa shape index (κ2) is 6.34. The highest BCUT2D eigenvalue weighted by Crippen LogP contribution is 2.17. The Bertz CT molecular complexity index is 721. The van der Waals surface area contributed by atoms with Crippen molar-refractivity contribution >= 4 is 11.8 Å². The third-order valence-corrected chi connectivity index (χ3v) is 2.98. The Labute approximate surface area is 127 Å². The van der Waals surface area contributed by atoms with E-state index in [-0.39, 0.29) is 29.5 Å². The predicted octanol–water partition coefficient (Wildman–Crippen LogP) is 2.57. The van der Waals surface area contributed by atoms with E-state index in [1.165, 1.54) is 13.1 Å². The predicted molar refractivity (Wildman–Crippen MR) is 79.2 cm³/mol. The second-order valence-corrected chi connectivity index (χ2v) is 5.02. The van der Waals surface area contributed by atoms with Crippen molar-refractivity contribution in [3.63, 3.8) is 0 Å². The van der Waals surface area contributed by atoms with Gasteiger partial charge >= 0.3 is 5.97 Å². The van der Waals surface area contributed by atoms with Crippen molar-refractivity contribution in [3.8, 4) is 5.75 Å². The van der Waals surface area contributed by atoms with Gasteiger partial charge in [-0.2, -0.15) is 0 Å². The molecule has 0 radical (unpaired) electrons. The fraction of sp³-hybridized carbons (Fsp3) is 0.250. The van der Waals surface area contributed by atoms with Crippen LogP contribution in [0.2, 0.25) is 0 Å².